The van der Waals surface area contributed by atoms with E-state index in [4.69, 9.17) is 17.3 Å². The smallest absolute Gasteiger partial charge is 0.128 e. The topological polar surface area (TPSA) is 26.0 Å². The largest absolute Gasteiger partial charge is 0.385 e. The average Bonchev–Trinajstić information content (AvgIpc) is 1.65. The molecular weight excluding hydrogens is 174 g/mol. The van der Waals surface area contributed by atoms with Gasteiger partial charge in [-0.05, 0) is 0 Å². The van der Waals surface area contributed by atoms with Crippen molar-refractivity contribution in [2.45, 2.75) is 0 Å². The summed E-state index contributed by atoms with van der Waals surface area (Å²) in [5.74, 6) is 0. The molecule has 0 rings (SSSR count). The van der Waals surface area contributed by atoms with Crippen molar-refractivity contribution in [2.75, 3.05) is 0 Å². The predicted molar refractivity (Wildman–Crippen MR) is 51.0 cm³/mol. The third-order valence-electron chi connectivity index (χ3n) is 0.221. The van der Waals surface area contributed by atoms with E-state index < -0.39 is 0 Å². The molecule has 9 heavy (non-hydrogen) atoms. The normalized spacial score (nSPS) is 6.44. The van der Waals surface area contributed by atoms with Crippen molar-refractivity contribution >= 4 is 40.8 Å². The van der Waals surface area contributed by atoms with Crippen LogP contribution in [0.25, 0.3) is 0 Å². The third-order valence-corrected chi connectivity index (χ3v) is 0.376. The van der Waals surface area contributed by atoms with Crippen LogP contribution in [0, 0.1) is 0 Å². The van der Waals surface area contributed by atoms with E-state index in [1.165, 1.54) is 6.08 Å². The van der Waals surface area contributed by atoms with Gasteiger partial charge in [-0.3, -0.25) is 0 Å². The molecule has 0 bridgehead atoms. The fraction of sp³-hybridized carbons (Fsp3) is 0. The Kier molecular flexibility index (Phi) is 10.5. The lowest BCUT2D eigenvalue weighted by Gasteiger charge is -1.67. The van der Waals surface area contributed by atoms with Crippen molar-refractivity contribution in [2.24, 2.45) is 5.73 Å². The highest BCUT2D eigenvalue weighted by Crippen LogP contribution is 1.92. The second-order valence-electron chi connectivity index (χ2n) is 0.989. The Morgan fingerprint density at radius 1 is 1.78 bits per heavy atom. The van der Waals surface area contributed by atoms with Crippen LogP contribution in [-0.2, 0) is 0 Å². The van der Waals surface area contributed by atoms with Gasteiger partial charge in [0.15, 0.2) is 0 Å². The van der Waals surface area contributed by atoms with Gasteiger partial charge in [0.2, 0.25) is 0 Å². The van der Waals surface area contributed by atoms with Crippen molar-refractivity contribution < 1.29 is 0 Å². The first-order valence-electron chi connectivity index (χ1n) is 1.96. The molecule has 0 aliphatic rings. The minimum absolute atomic E-state index is 0.194. The predicted octanol–water partition coefficient (Wildman–Crippen LogP) is 2.08. The van der Waals surface area contributed by atoms with E-state index in [1.807, 2.05) is 0 Å². The summed E-state index contributed by atoms with van der Waals surface area (Å²) in [5.41, 5.74) is 4.71. The number of halogens is 1. The molecule has 0 aliphatic carbocycles. The number of hydrogen-bond acceptors (Lipinski definition) is 1. The average molecular weight is 182 g/mol. The highest BCUT2D eigenvalue weighted by Gasteiger charge is 1.63. The van der Waals surface area contributed by atoms with E-state index in [1.54, 1.807) is 0 Å². The van der Waals surface area contributed by atoms with Crippen molar-refractivity contribution in [3.8, 4) is 0 Å². The molecule has 0 aromatic rings. The standard InChI is InChI=1S/C4H5Cl.CH3NS2/c1-3-4(2)5;2-1(3)4/h3H,1-2H2;(H3,2,3,4). The summed E-state index contributed by atoms with van der Waals surface area (Å²) < 4.78 is 0.194. The van der Waals surface area contributed by atoms with E-state index in [2.05, 4.69) is 38.0 Å². The Balaban J connectivity index is 0. The zero-order valence-corrected chi connectivity index (χ0v) is 7.27. The molecule has 0 aliphatic heterocycles. The summed E-state index contributed by atoms with van der Waals surface area (Å²) in [4.78, 5) is 0. The Hall–Kier alpha value is 0.01000. The molecule has 0 heterocycles. The zero-order chi connectivity index (χ0) is 7.86. The molecule has 1 nitrogen and oxygen atoms in total. The summed E-state index contributed by atoms with van der Waals surface area (Å²) in [6.07, 6.45) is 1.49. The van der Waals surface area contributed by atoms with Gasteiger partial charge < -0.3 is 5.73 Å². The fourth-order valence-corrected chi connectivity index (χ4v) is 0. The fourth-order valence-electron chi connectivity index (χ4n) is 0. The molecule has 0 fully saturated rings. The zero-order valence-electron chi connectivity index (χ0n) is 4.80. The van der Waals surface area contributed by atoms with E-state index >= 15 is 0 Å². The summed E-state index contributed by atoms with van der Waals surface area (Å²) >= 11 is 12.8. The van der Waals surface area contributed by atoms with Gasteiger partial charge in [-0.15, -0.1) is 12.6 Å². The SMILES string of the molecule is C=CC(=C)Cl.NC(=S)S. The van der Waals surface area contributed by atoms with Gasteiger partial charge >= 0.3 is 0 Å². The Morgan fingerprint density at radius 3 is 1.89 bits per heavy atom. The Morgan fingerprint density at radius 2 is 1.89 bits per heavy atom. The van der Waals surface area contributed by atoms with Crippen LogP contribution in [0.2, 0.25) is 0 Å². The lowest BCUT2D eigenvalue weighted by atomic mass is 10.6. The van der Waals surface area contributed by atoms with Crippen molar-refractivity contribution in [3.05, 3.63) is 24.3 Å². The minimum Gasteiger partial charge on any atom is -0.385 e. The Bertz CT molecular complexity index is 118. The summed E-state index contributed by atoms with van der Waals surface area (Å²) in [5, 5.41) is 0.491. The number of nitrogens with two attached hydrogens (primary N) is 1. The van der Waals surface area contributed by atoms with E-state index in [9.17, 15) is 0 Å². The lowest BCUT2D eigenvalue weighted by Crippen LogP contribution is -1.94. The number of allylic oxidation sites excluding steroid dienone is 2. The van der Waals surface area contributed by atoms with Crippen molar-refractivity contribution in [3.63, 3.8) is 0 Å². The molecule has 0 spiro atoms. The van der Waals surface area contributed by atoms with Gasteiger partial charge in [0.25, 0.3) is 0 Å². The van der Waals surface area contributed by atoms with Crippen LogP contribution in [0.4, 0.5) is 0 Å². The maximum atomic E-state index is 5.15. The van der Waals surface area contributed by atoms with Gasteiger partial charge in [0, 0.05) is 5.03 Å². The second kappa shape index (κ2) is 8.01. The van der Waals surface area contributed by atoms with Crippen LogP contribution in [0.15, 0.2) is 24.3 Å². The summed E-state index contributed by atoms with van der Waals surface area (Å²) in [6.45, 7) is 6.65. The van der Waals surface area contributed by atoms with Crippen LogP contribution in [0.5, 0.6) is 0 Å². The van der Waals surface area contributed by atoms with Crippen LogP contribution >= 0.6 is 36.4 Å². The molecule has 0 amide bonds. The highest BCUT2D eigenvalue weighted by molar-refractivity contribution is 8.10. The third kappa shape index (κ3) is 71.6. The molecule has 0 aromatic heterocycles. The lowest BCUT2D eigenvalue weighted by molar-refractivity contribution is 1.91. The molecule has 2 N–H and O–H groups in total. The van der Waals surface area contributed by atoms with Crippen LogP contribution in [0.1, 0.15) is 0 Å². The minimum atomic E-state index is 0.194. The summed E-state index contributed by atoms with van der Waals surface area (Å²) in [7, 11) is 0. The first-order valence-corrected chi connectivity index (χ1v) is 3.19. The van der Waals surface area contributed by atoms with Crippen LogP contribution in [0.3, 0.4) is 0 Å². The number of hydrogen-bond donors (Lipinski definition) is 2. The van der Waals surface area contributed by atoms with E-state index in [0.717, 1.165) is 0 Å². The summed E-state index contributed by atoms with van der Waals surface area (Å²) in [6, 6.07) is 0. The van der Waals surface area contributed by atoms with Gasteiger partial charge in [0.1, 0.15) is 4.32 Å². The molecule has 0 atom stereocenters. The Labute approximate surface area is 71.0 Å². The number of thiocarbonyl (C=S) groups is 1. The van der Waals surface area contributed by atoms with Gasteiger partial charge in [0.05, 0.1) is 0 Å². The molecule has 0 radical (unpaired) electrons. The maximum Gasteiger partial charge on any atom is 0.128 e. The second-order valence-corrected chi connectivity index (χ2v) is 2.70. The molecular formula is C5H8ClNS2. The van der Waals surface area contributed by atoms with Crippen molar-refractivity contribution in [1.29, 1.82) is 0 Å². The van der Waals surface area contributed by atoms with Gasteiger partial charge in [-0.2, -0.15) is 0 Å². The number of rotatable bonds is 1. The van der Waals surface area contributed by atoms with E-state index in [0.29, 0.717) is 5.03 Å². The molecule has 0 saturated heterocycles. The molecule has 0 saturated carbocycles. The monoisotopic (exact) mass is 181 g/mol. The van der Waals surface area contributed by atoms with Crippen LogP contribution < -0.4 is 5.73 Å². The molecule has 0 aromatic carbocycles. The van der Waals surface area contributed by atoms with Gasteiger partial charge in [-0.25, -0.2) is 0 Å². The van der Waals surface area contributed by atoms with Gasteiger partial charge in [-0.1, -0.05) is 43.1 Å². The maximum absolute atomic E-state index is 5.15. The first-order chi connectivity index (χ1) is 4.00. The number of thiol groups is 1. The van der Waals surface area contributed by atoms with E-state index in [-0.39, 0.29) is 4.32 Å². The van der Waals surface area contributed by atoms with Crippen LogP contribution in [-0.4, -0.2) is 4.32 Å². The highest BCUT2D eigenvalue weighted by atomic mass is 35.5. The molecule has 4 heteroatoms. The quantitative estimate of drug-likeness (QED) is 0.368. The first kappa shape index (κ1) is 11.8. The van der Waals surface area contributed by atoms with Crippen molar-refractivity contribution in [1.82, 2.24) is 0 Å². The molecule has 52 valence electrons. The molecule has 0 unspecified atom stereocenters.